The molecule has 0 radical (unpaired) electrons. The van der Waals surface area contributed by atoms with E-state index in [1.54, 1.807) is 0 Å². The number of carbonyl (C=O) groups excluding carboxylic acids is 1. The number of ketones is 1. The van der Waals surface area contributed by atoms with Crippen molar-refractivity contribution in [2.45, 2.75) is 18.0 Å². The van der Waals surface area contributed by atoms with Gasteiger partial charge in [0.1, 0.15) is 0 Å². The second kappa shape index (κ2) is 7.94. The van der Waals surface area contributed by atoms with Gasteiger partial charge in [-0.25, -0.2) is 0 Å². The minimum Gasteiger partial charge on any atom is -0.289 e. The lowest BCUT2D eigenvalue weighted by Gasteiger charge is -2.07. The number of hydrogen-bond donors (Lipinski definition) is 0. The summed E-state index contributed by atoms with van der Waals surface area (Å²) in [5.41, 5.74) is 0.621. The first-order chi connectivity index (χ1) is 11.3. The number of allylic oxidation sites excluding steroid dienone is 1. The molecule has 0 saturated carbocycles. The largest absolute Gasteiger partial charge is 0.416 e. The summed E-state index contributed by atoms with van der Waals surface area (Å²) in [6.07, 6.45) is -1.09. The number of benzene rings is 2. The fourth-order valence-electron chi connectivity index (χ4n) is 1.87. The van der Waals surface area contributed by atoms with Crippen LogP contribution in [0.3, 0.4) is 0 Å². The first-order valence-electron chi connectivity index (χ1n) is 7.01. The van der Waals surface area contributed by atoms with Gasteiger partial charge < -0.3 is 0 Å². The Bertz CT molecular complexity index is 732. The molecule has 1 nitrogen and oxygen atoms in total. The number of aryl methyl sites for hydroxylation is 1. The molecule has 0 spiro atoms. The van der Waals surface area contributed by atoms with Crippen molar-refractivity contribution in [3.05, 3.63) is 75.5 Å². The van der Waals surface area contributed by atoms with Gasteiger partial charge in [0.05, 0.1) is 5.56 Å². The first kappa shape index (κ1) is 18.7. The van der Waals surface area contributed by atoms with Crippen molar-refractivity contribution in [2.24, 2.45) is 0 Å². The zero-order valence-electron chi connectivity index (χ0n) is 13.1. The molecule has 2 rings (SSSR count). The van der Waals surface area contributed by atoms with E-state index in [1.807, 2.05) is 37.4 Å². The van der Waals surface area contributed by atoms with E-state index in [4.69, 9.17) is 0 Å². The Morgan fingerprint density at radius 1 is 1.00 bits per heavy atom. The van der Waals surface area contributed by atoms with Gasteiger partial charge in [-0.3, -0.25) is 4.79 Å². The molecule has 0 amide bonds. The highest BCUT2D eigenvalue weighted by Gasteiger charge is 2.30. The molecule has 0 unspecified atom stereocenters. The average Bonchev–Trinajstić information content (AvgIpc) is 2.55. The highest BCUT2D eigenvalue weighted by Crippen LogP contribution is 2.34. The Kier molecular flexibility index (Phi) is 6.18. The summed E-state index contributed by atoms with van der Waals surface area (Å²) in [6.45, 7) is 1.99. The lowest BCUT2D eigenvalue weighted by Crippen LogP contribution is -2.05. The molecular formula is C18H15F3OS2. The number of carbonyl (C=O) groups is 1. The summed E-state index contributed by atoms with van der Waals surface area (Å²) in [5.74, 6) is -0.312. The summed E-state index contributed by atoms with van der Waals surface area (Å²) < 4.78 is 38.4. The molecule has 2 aromatic rings. The Balaban J connectivity index is 2.14. The van der Waals surface area contributed by atoms with Gasteiger partial charge in [-0.05, 0) is 37.4 Å². The van der Waals surface area contributed by atoms with E-state index < -0.39 is 11.7 Å². The topological polar surface area (TPSA) is 17.1 Å². The summed E-state index contributed by atoms with van der Waals surface area (Å²) in [7, 11) is 0. The fourth-order valence-corrected chi connectivity index (χ4v) is 3.38. The van der Waals surface area contributed by atoms with Crippen molar-refractivity contribution < 1.29 is 18.0 Å². The maximum absolute atomic E-state index is 12.6. The summed E-state index contributed by atoms with van der Waals surface area (Å²) in [6, 6.07) is 12.2. The third kappa shape index (κ3) is 5.18. The highest BCUT2D eigenvalue weighted by molar-refractivity contribution is 8.22. The van der Waals surface area contributed by atoms with Crippen molar-refractivity contribution in [1.29, 1.82) is 0 Å². The van der Waals surface area contributed by atoms with Gasteiger partial charge in [-0.15, -0.1) is 11.8 Å². The Labute approximate surface area is 147 Å². The van der Waals surface area contributed by atoms with E-state index in [9.17, 15) is 18.0 Å². The van der Waals surface area contributed by atoms with Gasteiger partial charge in [0, 0.05) is 20.8 Å². The number of alkyl halides is 3. The number of rotatable bonds is 5. The zero-order valence-corrected chi connectivity index (χ0v) is 14.7. The monoisotopic (exact) mass is 368 g/mol. The fraction of sp³-hybridized carbons (Fsp3) is 0.167. The van der Waals surface area contributed by atoms with Crippen LogP contribution in [0, 0.1) is 6.92 Å². The standard InChI is InChI=1S/C18H15F3OS2/c1-12-3-9-15(10-4-12)24-17(23-2)11-16(22)13-5-7-14(8-6-13)18(19,20)21/h3-11H,1-2H3/b17-11+. The third-order valence-electron chi connectivity index (χ3n) is 3.19. The molecule has 24 heavy (non-hydrogen) atoms. The van der Waals surface area contributed by atoms with E-state index in [-0.39, 0.29) is 11.3 Å². The Morgan fingerprint density at radius 2 is 1.58 bits per heavy atom. The van der Waals surface area contributed by atoms with E-state index >= 15 is 0 Å². The average molecular weight is 368 g/mol. The van der Waals surface area contributed by atoms with E-state index in [0.29, 0.717) is 0 Å². The molecule has 0 heterocycles. The maximum atomic E-state index is 12.6. The predicted molar refractivity (Wildman–Crippen MR) is 94.4 cm³/mol. The lowest BCUT2D eigenvalue weighted by atomic mass is 10.1. The molecule has 0 aliphatic carbocycles. The van der Waals surface area contributed by atoms with Crippen molar-refractivity contribution in [3.8, 4) is 0 Å². The third-order valence-corrected chi connectivity index (χ3v) is 5.28. The minimum absolute atomic E-state index is 0.235. The van der Waals surface area contributed by atoms with Gasteiger partial charge >= 0.3 is 6.18 Å². The molecule has 6 heteroatoms. The van der Waals surface area contributed by atoms with E-state index in [0.717, 1.165) is 26.8 Å². The van der Waals surface area contributed by atoms with Crippen LogP contribution < -0.4 is 0 Å². The molecule has 0 aliphatic rings. The highest BCUT2D eigenvalue weighted by atomic mass is 32.2. The van der Waals surface area contributed by atoms with Crippen LogP contribution in [-0.4, -0.2) is 12.0 Å². The van der Waals surface area contributed by atoms with Crippen molar-refractivity contribution >= 4 is 29.3 Å². The van der Waals surface area contributed by atoms with Crippen molar-refractivity contribution in [3.63, 3.8) is 0 Å². The number of thioether (sulfide) groups is 2. The molecular weight excluding hydrogens is 353 g/mol. The second-order valence-corrected chi connectivity index (χ2v) is 7.24. The quantitative estimate of drug-likeness (QED) is 0.356. The van der Waals surface area contributed by atoms with Crippen LogP contribution >= 0.6 is 23.5 Å². The summed E-state index contributed by atoms with van der Waals surface area (Å²) in [4.78, 5) is 13.2. The van der Waals surface area contributed by atoms with Gasteiger partial charge in [-0.1, -0.05) is 41.6 Å². The van der Waals surface area contributed by atoms with Gasteiger partial charge in [0.25, 0.3) is 0 Å². The van der Waals surface area contributed by atoms with Crippen LogP contribution in [0.2, 0.25) is 0 Å². The van der Waals surface area contributed by atoms with Crippen LogP contribution in [0.4, 0.5) is 13.2 Å². The molecule has 2 aromatic carbocycles. The molecule has 0 saturated heterocycles. The van der Waals surface area contributed by atoms with Gasteiger partial charge in [0.2, 0.25) is 0 Å². The van der Waals surface area contributed by atoms with Crippen molar-refractivity contribution in [1.82, 2.24) is 0 Å². The molecule has 0 fully saturated rings. The number of halogens is 3. The van der Waals surface area contributed by atoms with Gasteiger partial charge in [0.15, 0.2) is 5.78 Å². The van der Waals surface area contributed by atoms with Gasteiger partial charge in [-0.2, -0.15) is 13.2 Å². The SMILES string of the molecule is CS/C(=C\C(=O)c1ccc(C(F)(F)F)cc1)Sc1ccc(C)cc1. The zero-order chi connectivity index (χ0) is 17.7. The molecule has 0 bridgehead atoms. The normalized spacial score (nSPS) is 12.3. The van der Waals surface area contributed by atoms with Crippen LogP contribution in [0.1, 0.15) is 21.5 Å². The molecule has 0 atom stereocenters. The number of hydrogen-bond acceptors (Lipinski definition) is 3. The maximum Gasteiger partial charge on any atom is 0.416 e. The Hall–Kier alpha value is -1.66. The van der Waals surface area contributed by atoms with E-state index in [1.165, 1.54) is 41.7 Å². The minimum atomic E-state index is -4.40. The van der Waals surface area contributed by atoms with Crippen LogP contribution in [0.15, 0.2) is 63.7 Å². The molecule has 0 aromatic heterocycles. The van der Waals surface area contributed by atoms with E-state index in [2.05, 4.69) is 0 Å². The van der Waals surface area contributed by atoms with Crippen LogP contribution in [0.5, 0.6) is 0 Å². The molecule has 0 N–H and O–H groups in total. The summed E-state index contributed by atoms with van der Waals surface area (Å²) >= 11 is 2.87. The lowest BCUT2D eigenvalue weighted by molar-refractivity contribution is -0.137. The summed E-state index contributed by atoms with van der Waals surface area (Å²) in [5, 5.41) is 0. The van der Waals surface area contributed by atoms with Crippen LogP contribution in [-0.2, 0) is 6.18 Å². The first-order valence-corrected chi connectivity index (χ1v) is 9.05. The van der Waals surface area contributed by atoms with Crippen molar-refractivity contribution in [2.75, 3.05) is 6.26 Å². The smallest absolute Gasteiger partial charge is 0.289 e. The molecule has 0 aliphatic heterocycles. The van der Waals surface area contributed by atoms with Crippen LogP contribution in [0.25, 0.3) is 0 Å². The Morgan fingerprint density at radius 3 is 2.08 bits per heavy atom. The predicted octanol–water partition coefficient (Wildman–Crippen LogP) is 6.19. The second-order valence-electron chi connectivity index (χ2n) is 5.02. The molecule has 126 valence electrons.